The van der Waals surface area contributed by atoms with Crippen molar-refractivity contribution in [1.29, 1.82) is 0 Å². The first-order valence-corrected chi connectivity index (χ1v) is 1.83. The lowest BCUT2D eigenvalue weighted by atomic mass is 10.9. The summed E-state index contributed by atoms with van der Waals surface area (Å²) < 4.78 is 4.14. The highest BCUT2D eigenvalue weighted by atomic mass is 16.6. The van der Waals surface area contributed by atoms with Crippen LogP contribution >= 0.6 is 0 Å². The molecule has 0 aromatic carbocycles. The predicted molar refractivity (Wildman–Crippen MR) is 20.9 cm³/mol. The van der Waals surface area contributed by atoms with Crippen LogP contribution in [0, 0.1) is 0 Å². The van der Waals surface area contributed by atoms with Gasteiger partial charge < -0.3 is 4.74 Å². The number of hydrogen-bond acceptors (Lipinski definition) is 3. The van der Waals surface area contributed by atoms with Crippen LogP contribution in [-0.4, -0.2) is 17.9 Å². The van der Waals surface area contributed by atoms with E-state index in [1.165, 1.54) is 0 Å². The SMILES string of the molecule is CCOC(=O)[N]O. The zero-order valence-corrected chi connectivity index (χ0v) is 3.92. The molecule has 1 N–H and O–H groups in total. The topological polar surface area (TPSA) is 60.6 Å². The molecule has 0 aliphatic heterocycles. The molecule has 4 heteroatoms. The van der Waals surface area contributed by atoms with Gasteiger partial charge in [-0.2, -0.15) is 0 Å². The number of ether oxygens (including phenoxy) is 1. The Morgan fingerprint density at radius 3 is 2.71 bits per heavy atom. The number of hydrogen-bond donors (Lipinski definition) is 1. The van der Waals surface area contributed by atoms with E-state index in [0.717, 1.165) is 0 Å². The van der Waals surface area contributed by atoms with Crippen LogP contribution in [0.1, 0.15) is 6.92 Å². The maximum absolute atomic E-state index is 9.77. The van der Waals surface area contributed by atoms with Crippen molar-refractivity contribution < 1.29 is 14.7 Å². The molecule has 7 heavy (non-hydrogen) atoms. The summed E-state index contributed by atoms with van der Waals surface area (Å²) in [5, 5.41) is 7.62. The molecule has 0 heterocycles. The summed E-state index contributed by atoms with van der Waals surface area (Å²) in [6, 6.07) is 0. The fourth-order valence-electron chi connectivity index (χ4n) is 0.152. The summed E-state index contributed by atoms with van der Waals surface area (Å²) in [6.07, 6.45) is -0.942. The quantitative estimate of drug-likeness (QED) is 0.380. The molecule has 41 valence electrons. The standard InChI is InChI=1S/C3H6NO3/c1-2-7-3(5)4-6/h6H,2H2,1H3. The molecular weight excluding hydrogens is 98.0 g/mol. The lowest BCUT2D eigenvalue weighted by Gasteiger charge is -1.91. The van der Waals surface area contributed by atoms with Crippen LogP contribution in [0.2, 0.25) is 0 Å². The third kappa shape index (κ3) is 3.05. The Kier molecular flexibility index (Phi) is 3.04. The molecule has 1 amide bonds. The monoisotopic (exact) mass is 104 g/mol. The van der Waals surface area contributed by atoms with Gasteiger partial charge in [0.25, 0.3) is 0 Å². The second-order valence-electron chi connectivity index (χ2n) is 0.799. The van der Waals surface area contributed by atoms with E-state index in [2.05, 4.69) is 10.2 Å². The van der Waals surface area contributed by atoms with E-state index in [9.17, 15) is 4.79 Å². The third-order valence-corrected chi connectivity index (χ3v) is 0.349. The predicted octanol–water partition coefficient (Wildman–Crippen LogP) is 0.137. The Labute approximate surface area is 41.0 Å². The lowest BCUT2D eigenvalue weighted by molar-refractivity contribution is 0.0881. The number of amides is 1. The Bertz CT molecular complexity index is 63.2. The molecule has 0 saturated heterocycles. The number of nitrogens with zero attached hydrogens (tertiary/aromatic N) is 1. The van der Waals surface area contributed by atoms with Gasteiger partial charge in [-0.05, 0) is 6.92 Å². The van der Waals surface area contributed by atoms with Gasteiger partial charge in [-0.1, -0.05) is 5.48 Å². The molecule has 1 radical (unpaired) electrons. The molecular formula is C3H6NO3. The molecule has 0 atom stereocenters. The molecule has 0 spiro atoms. The summed E-state index contributed by atoms with van der Waals surface area (Å²) in [5.74, 6) is 0. The van der Waals surface area contributed by atoms with Gasteiger partial charge in [0.15, 0.2) is 0 Å². The third-order valence-electron chi connectivity index (χ3n) is 0.349. The molecule has 0 saturated carbocycles. The van der Waals surface area contributed by atoms with Crippen molar-refractivity contribution in [2.45, 2.75) is 6.92 Å². The summed E-state index contributed by atoms with van der Waals surface area (Å²) >= 11 is 0. The average molecular weight is 104 g/mol. The van der Waals surface area contributed by atoms with Gasteiger partial charge in [-0.3, -0.25) is 5.21 Å². The first kappa shape index (κ1) is 6.23. The van der Waals surface area contributed by atoms with Gasteiger partial charge in [0.05, 0.1) is 6.61 Å². The molecule has 0 aliphatic rings. The zero-order valence-electron chi connectivity index (χ0n) is 3.92. The van der Waals surface area contributed by atoms with Gasteiger partial charge in [0.2, 0.25) is 0 Å². The fraction of sp³-hybridized carbons (Fsp3) is 0.667. The molecule has 0 aromatic heterocycles. The Balaban J connectivity index is 3.00. The van der Waals surface area contributed by atoms with E-state index in [-0.39, 0.29) is 6.61 Å². The molecule has 0 bridgehead atoms. The first-order valence-electron chi connectivity index (χ1n) is 1.83. The van der Waals surface area contributed by atoms with Crippen molar-refractivity contribution in [2.75, 3.05) is 6.61 Å². The summed E-state index contributed by atoms with van der Waals surface area (Å²) in [5.41, 5.74) is 2.22. The van der Waals surface area contributed by atoms with Gasteiger partial charge >= 0.3 is 6.09 Å². The highest BCUT2D eigenvalue weighted by molar-refractivity contribution is 5.65. The van der Waals surface area contributed by atoms with Crippen molar-refractivity contribution in [3.63, 3.8) is 0 Å². The highest BCUT2D eigenvalue weighted by Crippen LogP contribution is 1.72. The molecule has 0 fully saturated rings. The smallest absolute Gasteiger partial charge is 0.447 e. The second-order valence-corrected chi connectivity index (χ2v) is 0.799. The van der Waals surface area contributed by atoms with E-state index in [1.807, 2.05) is 0 Å². The molecule has 0 unspecified atom stereocenters. The molecule has 0 rings (SSSR count). The van der Waals surface area contributed by atoms with Crippen LogP contribution < -0.4 is 5.48 Å². The number of hydroxylamine groups is 1. The van der Waals surface area contributed by atoms with Crippen LogP contribution in [0.4, 0.5) is 4.79 Å². The lowest BCUT2D eigenvalue weighted by Crippen LogP contribution is -2.12. The summed E-state index contributed by atoms with van der Waals surface area (Å²) in [4.78, 5) is 9.77. The minimum atomic E-state index is -0.942. The minimum absolute atomic E-state index is 0.239. The van der Waals surface area contributed by atoms with E-state index >= 15 is 0 Å². The van der Waals surface area contributed by atoms with Gasteiger partial charge in [0, 0.05) is 0 Å². The van der Waals surface area contributed by atoms with Crippen molar-refractivity contribution in [2.24, 2.45) is 0 Å². The summed E-state index contributed by atoms with van der Waals surface area (Å²) in [7, 11) is 0. The van der Waals surface area contributed by atoms with Crippen LogP contribution in [0.25, 0.3) is 0 Å². The van der Waals surface area contributed by atoms with Crippen molar-refractivity contribution in [1.82, 2.24) is 5.48 Å². The van der Waals surface area contributed by atoms with Gasteiger partial charge in [0.1, 0.15) is 0 Å². The highest BCUT2D eigenvalue weighted by Gasteiger charge is 1.94. The normalized spacial score (nSPS) is 7.71. The second kappa shape index (κ2) is 3.42. The zero-order chi connectivity index (χ0) is 5.70. The summed E-state index contributed by atoms with van der Waals surface area (Å²) in [6.45, 7) is 1.87. The maximum atomic E-state index is 9.77. The molecule has 0 aromatic rings. The minimum Gasteiger partial charge on any atom is -0.447 e. The fourth-order valence-corrected chi connectivity index (χ4v) is 0.152. The van der Waals surface area contributed by atoms with E-state index in [0.29, 0.717) is 0 Å². The van der Waals surface area contributed by atoms with Crippen molar-refractivity contribution in [3.05, 3.63) is 0 Å². The maximum Gasteiger partial charge on any atom is 0.456 e. The Hall–Kier alpha value is -0.770. The van der Waals surface area contributed by atoms with Crippen LogP contribution in [0.15, 0.2) is 0 Å². The van der Waals surface area contributed by atoms with Gasteiger partial charge in [-0.25, -0.2) is 4.79 Å². The Morgan fingerprint density at radius 2 is 2.57 bits per heavy atom. The van der Waals surface area contributed by atoms with Gasteiger partial charge in [-0.15, -0.1) is 0 Å². The van der Waals surface area contributed by atoms with Crippen LogP contribution in [-0.2, 0) is 4.74 Å². The van der Waals surface area contributed by atoms with Crippen molar-refractivity contribution in [3.8, 4) is 0 Å². The molecule has 0 aliphatic carbocycles. The van der Waals surface area contributed by atoms with E-state index in [4.69, 9.17) is 5.21 Å². The number of carbonyl (C=O) groups is 1. The van der Waals surface area contributed by atoms with Crippen LogP contribution in [0.3, 0.4) is 0 Å². The van der Waals surface area contributed by atoms with Crippen LogP contribution in [0.5, 0.6) is 0 Å². The van der Waals surface area contributed by atoms with E-state index in [1.54, 1.807) is 6.92 Å². The average Bonchev–Trinajstić information content (AvgIpc) is 1.68. The molecule has 4 nitrogen and oxygen atoms in total. The number of carbonyl (C=O) groups excluding carboxylic acids is 1. The Morgan fingerprint density at radius 1 is 2.00 bits per heavy atom. The number of rotatable bonds is 1. The first-order chi connectivity index (χ1) is 3.31. The van der Waals surface area contributed by atoms with Crippen molar-refractivity contribution >= 4 is 6.09 Å². The largest absolute Gasteiger partial charge is 0.456 e. The van der Waals surface area contributed by atoms with E-state index < -0.39 is 6.09 Å².